The van der Waals surface area contributed by atoms with Crippen molar-refractivity contribution in [2.45, 2.75) is 6.54 Å². The first-order chi connectivity index (χ1) is 14.9. The maximum atomic E-state index is 12.7. The molecule has 0 aliphatic carbocycles. The summed E-state index contributed by atoms with van der Waals surface area (Å²) in [6.07, 6.45) is 0. The average Bonchev–Trinajstić information content (AvgIpc) is 3.15. The molecule has 3 aromatic rings. The van der Waals surface area contributed by atoms with Gasteiger partial charge in [0.05, 0.1) is 28.4 Å². The molecule has 0 bridgehead atoms. The van der Waals surface area contributed by atoms with Gasteiger partial charge in [-0.25, -0.2) is 4.98 Å². The lowest BCUT2D eigenvalue weighted by molar-refractivity contribution is -0.384. The number of carbonyl (C=O) groups is 1. The van der Waals surface area contributed by atoms with Crippen LogP contribution < -0.4 is 10.2 Å². The zero-order valence-corrected chi connectivity index (χ0v) is 18.1. The van der Waals surface area contributed by atoms with Crippen LogP contribution >= 0.6 is 11.3 Å². The molecule has 9 nitrogen and oxygen atoms in total. The minimum absolute atomic E-state index is 0.116. The Morgan fingerprint density at radius 3 is 2.74 bits per heavy atom. The number of hydrogen-bond acceptors (Lipinski definition) is 8. The third-order valence-corrected chi connectivity index (χ3v) is 6.03. The average molecular weight is 442 g/mol. The van der Waals surface area contributed by atoms with Crippen molar-refractivity contribution in [2.24, 2.45) is 0 Å². The summed E-state index contributed by atoms with van der Waals surface area (Å²) in [7, 11) is 3.44. The number of carbonyl (C=O) groups excluding carboxylic acids is 1. The highest BCUT2D eigenvalue weighted by molar-refractivity contribution is 7.22. The molecule has 1 N–H and O–H groups in total. The predicted molar refractivity (Wildman–Crippen MR) is 121 cm³/mol. The summed E-state index contributed by atoms with van der Waals surface area (Å²) in [4.78, 5) is 32.0. The number of aromatic nitrogens is 1. The van der Waals surface area contributed by atoms with Crippen LogP contribution in [0.5, 0.6) is 0 Å². The van der Waals surface area contributed by atoms with E-state index in [4.69, 9.17) is 4.74 Å². The molecule has 1 aliphatic heterocycles. The Bertz CT molecular complexity index is 1120. The summed E-state index contributed by atoms with van der Waals surface area (Å²) in [5.41, 5.74) is 2.53. The van der Waals surface area contributed by atoms with Crippen LogP contribution in [0, 0.1) is 10.1 Å². The number of nitro benzene ring substituents is 1. The van der Waals surface area contributed by atoms with Crippen molar-refractivity contribution in [3.05, 3.63) is 57.6 Å². The fourth-order valence-electron chi connectivity index (χ4n) is 3.50. The summed E-state index contributed by atoms with van der Waals surface area (Å²) in [5.74, 6) is -0.430. The second kappa shape index (κ2) is 8.96. The Balaban J connectivity index is 1.51. The van der Waals surface area contributed by atoms with Gasteiger partial charge in [-0.3, -0.25) is 25.1 Å². The molecular weight excluding hydrogens is 418 g/mol. The van der Waals surface area contributed by atoms with Crippen LogP contribution in [0.15, 0.2) is 36.4 Å². The van der Waals surface area contributed by atoms with Crippen molar-refractivity contribution in [1.82, 2.24) is 9.88 Å². The molecule has 1 saturated heterocycles. The SMILES string of the molecule is CN(C)c1ccc(C(=O)Nc2nc3ccc(CN4CCOCC4)cc3s2)cc1[N+](=O)[O-]. The van der Waals surface area contributed by atoms with Crippen LogP contribution in [-0.4, -0.2) is 61.1 Å². The van der Waals surface area contributed by atoms with E-state index in [0.717, 1.165) is 43.1 Å². The van der Waals surface area contributed by atoms with Crippen molar-refractivity contribution in [2.75, 3.05) is 50.6 Å². The summed E-state index contributed by atoms with van der Waals surface area (Å²) < 4.78 is 6.37. The zero-order valence-electron chi connectivity index (χ0n) is 17.3. The van der Waals surface area contributed by atoms with Gasteiger partial charge >= 0.3 is 0 Å². The van der Waals surface area contributed by atoms with Gasteiger partial charge in [0.1, 0.15) is 5.69 Å². The predicted octanol–water partition coefficient (Wildman–Crippen LogP) is 3.36. The van der Waals surface area contributed by atoms with Gasteiger partial charge in [-0.1, -0.05) is 17.4 Å². The summed E-state index contributed by atoms with van der Waals surface area (Å²) in [6.45, 7) is 4.20. The molecular formula is C21H23N5O4S. The Morgan fingerprint density at radius 2 is 2.03 bits per heavy atom. The highest BCUT2D eigenvalue weighted by atomic mass is 32.1. The minimum Gasteiger partial charge on any atom is -0.379 e. The van der Waals surface area contributed by atoms with Crippen LogP contribution in [0.1, 0.15) is 15.9 Å². The first-order valence-corrected chi connectivity index (χ1v) is 10.7. The van der Waals surface area contributed by atoms with Crippen LogP contribution in [0.25, 0.3) is 10.2 Å². The van der Waals surface area contributed by atoms with E-state index in [-0.39, 0.29) is 11.3 Å². The van der Waals surface area contributed by atoms with E-state index in [2.05, 4.69) is 21.3 Å². The van der Waals surface area contributed by atoms with Gasteiger partial charge in [0, 0.05) is 45.4 Å². The third kappa shape index (κ3) is 4.82. The van der Waals surface area contributed by atoms with Crippen molar-refractivity contribution in [1.29, 1.82) is 0 Å². The van der Waals surface area contributed by atoms with Crippen LogP contribution in [0.4, 0.5) is 16.5 Å². The standard InChI is InChI=1S/C21H23N5O4S/c1-24(2)17-6-4-15(12-18(17)26(28)29)20(27)23-21-22-16-5-3-14(11-19(16)31-21)13-25-7-9-30-10-8-25/h3-6,11-12H,7-10,13H2,1-2H3,(H,22,23,27). The molecule has 0 spiro atoms. The van der Waals surface area contributed by atoms with Gasteiger partial charge in [0.15, 0.2) is 5.13 Å². The molecule has 1 aliphatic rings. The molecule has 0 atom stereocenters. The van der Waals surface area contributed by atoms with Gasteiger partial charge in [-0.15, -0.1) is 0 Å². The van der Waals surface area contributed by atoms with E-state index in [9.17, 15) is 14.9 Å². The summed E-state index contributed by atoms with van der Waals surface area (Å²) >= 11 is 1.39. The van der Waals surface area contributed by atoms with Crippen molar-refractivity contribution >= 4 is 44.0 Å². The number of rotatable bonds is 6. The van der Waals surface area contributed by atoms with Gasteiger partial charge in [-0.05, 0) is 29.8 Å². The van der Waals surface area contributed by atoms with Crippen molar-refractivity contribution in [3.63, 3.8) is 0 Å². The molecule has 4 rings (SSSR count). The number of nitrogens with one attached hydrogen (secondary N) is 1. The first-order valence-electron chi connectivity index (χ1n) is 9.87. The first kappa shape index (κ1) is 21.2. The Hall–Kier alpha value is -3.08. The van der Waals surface area contributed by atoms with Crippen molar-refractivity contribution in [3.8, 4) is 0 Å². The Morgan fingerprint density at radius 1 is 1.26 bits per heavy atom. The summed E-state index contributed by atoms with van der Waals surface area (Å²) in [6, 6.07) is 10.5. The molecule has 2 aromatic carbocycles. The number of anilines is 2. The van der Waals surface area contributed by atoms with E-state index < -0.39 is 10.8 Å². The fraction of sp³-hybridized carbons (Fsp3) is 0.333. The lowest BCUT2D eigenvalue weighted by atomic mass is 10.1. The van der Waals surface area contributed by atoms with Crippen LogP contribution in [0.2, 0.25) is 0 Å². The maximum absolute atomic E-state index is 12.7. The van der Waals surface area contributed by atoms with E-state index in [0.29, 0.717) is 10.8 Å². The molecule has 0 saturated carbocycles. The molecule has 31 heavy (non-hydrogen) atoms. The number of amides is 1. The molecule has 1 amide bonds. The Labute approximate surface area is 183 Å². The van der Waals surface area contributed by atoms with Crippen LogP contribution in [0.3, 0.4) is 0 Å². The molecule has 162 valence electrons. The van der Waals surface area contributed by atoms with Gasteiger partial charge in [-0.2, -0.15) is 0 Å². The zero-order chi connectivity index (χ0) is 22.0. The number of hydrogen-bond donors (Lipinski definition) is 1. The Kier molecular flexibility index (Phi) is 6.12. The number of thiazole rings is 1. The molecule has 1 fully saturated rings. The van der Waals surface area contributed by atoms with Gasteiger partial charge < -0.3 is 9.64 Å². The molecule has 2 heterocycles. The number of nitrogens with zero attached hydrogens (tertiary/aromatic N) is 4. The number of benzene rings is 2. The fourth-order valence-corrected chi connectivity index (χ4v) is 4.42. The van der Waals surface area contributed by atoms with E-state index in [1.165, 1.54) is 23.0 Å². The lowest BCUT2D eigenvalue weighted by Crippen LogP contribution is -2.35. The van der Waals surface area contributed by atoms with Gasteiger partial charge in [0.25, 0.3) is 11.6 Å². The lowest BCUT2D eigenvalue weighted by Gasteiger charge is -2.26. The monoisotopic (exact) mass is 441 g/mol. The normalized spacial score (nSPS) is 14.5. The van der Waals surface area contributed by atoms with Crippen LogP contribution in [-0.2, 0) is 11.3 Å². The number of ether oxygens (including phenoxy) is 1. The van der Waals surface area contributed by atoms with E-state index >= 15 is 0 Å². The largest absolute Gasteiger partial charge is 0.379 e. The number of morpholine rings is 1. The highest BCUT2D eigenvalue weighted by Gasteiger charge is 2.20. The minimum atomic E-state index is -0.486. The second-order valence-electron chi connectivity index (χ2n) is 7.52. The van der Waals surface area contributed by atoms with Gasteiger partial charge in [0.2, 0.25) is 0 Å². The molecule has 0 radical (unpaired) electrons. The molecule has 0 unspecified atom stereocenters. The topological polar surface area (TPSA) is 101 Å². The van der Waals surface area contributed by atoms with Crippen molar-refractivity contribution < 1.29 is 14.5 Å². The molecule has 1 aromatic heterocycles. The quantitative estimate of drug-likeness (QED) is 0.462. The third-order valence-electron chi connectivity index (χ3n) is 5.10. The van der Waals surface area contributed by atoms with E-state index in [1.807, 2.05) is 12.1 Å². The smallest absolute Gasteiger partial charge is 0.293 e. The molecule has 10 heteroatoms. The second-order valence-corrected chi connectivity index (χ2v) is 8.55. The summed E-state index contributed by atoms with van der Waals surface area (Å²) in [5, 5.41) is 14.6. The highest BCUT2D eigenvalue weighted by Crippen LogP contribution is 2.30. The van der Waals surface area contributed by atoms with E-state index in [1.54, 1.807) is 31.1 Å². The number of nitro groups is 1. The maximum Gasteiger partial charge on any atom is 0.293 e. The number of fused-ring (bicyclic) bond motifs is 1.